The van der Waals surface area contributed by atoms with Crippen LogP contribution in [-0.2, 0) is 16.6 Å². The second kappa shape index (κ2) is 6.14. The van der Waals surface area contributed by atoms with Crippen molar-refractivity contribution in [1.29, 1.82) is 0 Å². The highest BCUT2D eigenvalue weighted by molar-refractivity contribution is 9.11. The summed E-state index contributed by atoms with van der Waals surface area (Å²) in [5.41, 5.74) is 0.191. The molecular formula is C12H11BrN2O4S2. The lowest BCUT2D eigenvalue weighted by molar-refractivity contribution is 0.0697. The Morgan fingerprint density at radius 1 is 1.33 bits per heavy atom. The number of carbonyl (C=O) groups is 1. The quantitative estimate of drug-likeness (QED) is 0.726. The highest BCUT2D eigenvalue weighted by Gasteiger charge is 2.16. The molecule has 2 rings (SSSR count). The van der Waals surface area contributed by atoms with E-state index in [-0.39, 0.29) is 10.5 Å². The molecule has 0 radical (unpaired) electrons. The predicted molar refractivity (Wildman–Crippen MR) is 84.1 cm³/mol. The SMILES string of the molecule is NS(=O)(=O)c1ccc(NCc2ccc(Br)s2)c(C(=O)O)c1. The lowest BCUT2D eigenvalue weighted by Crippen LogP contribution is -2.14. The number of halogens is 1. The smallest absolute Gasteiger partial charge is 0.337 e. The van der Waals surface area contributed by atoms with Crippen LogP contribution in [0.25, 0.3) is 0 Å². The molecular weight excluding hydrogens is 380 g/mol. The Hall–Kier alpha value is -1.42. The molecule has 0 aliphatic carbocycles. The number of aromatic carboxylic acids is 1. The number of benzene rings is 1. The lowest BCUT2D eigenvalue weighted by Gasteiger charge is -2.10. The van der Waals surface area contributed by atoms with Crippen molar-refractivity contribution >= 4 is 48.9 Å². The molecule has 0 aliphatic heterocycles. The molecule has 0 fully saturated rings. The van der Waals surface area contributed by atoms with E-state index in [4.69, 9.17) is 5.14 Å². The maximum Gasteiger partial charge on any atom is 0.337 e. The fourth-order valence-electron chi connectivity index (χ4n) is 1.66. The Labute approximate surface area is 133 Å². The second-order valence-electron chi connectivity index (χ2n) is 4.12. The van der Waals surface area contributed by atoms with E-state index in [1.165, 1.54) is 23.5 Å². The van der Waals surface area contributed by atoms with E-state index in [9.17, 15) is 18.3 Å². The number of hydrogen-bond acceptors (Lipinski definition) is 5. The molecule has 1 aromatic heterocycles. The number of nitrogens with two attached hydrogens (primary N) is 1. The fourth-order valence-corrected chi connectivity index (χ4v) is 3.62. The number of primary sulfonamides is 1. The average molecular weight is 391 g/mol. The van der Waals surface area contributed by atoms with Crippen LogP contribution in [0.3, 0.4) is 0 Å². The molecule has 2 aromatic rings. The van der Waals surface area contributed by atoms with Crippen molar-refractivity contribution in [2.45, 2.75) is 11.4 Å². The van der Waals surface area contributed by atoms with Crippen LogP contribution in [0.1, 0.15) is 15.2 Å². The summed E-state index contributed by atoms with van der Waals surface area (Å²) >= 11 is 4.86. The molecule has 6 nitrogen and oxygen atoms in total. The zero-order valence-corrected chi connectivity index (χ0v) is 13.8. The lowest BCUT2D eigenvalue weighted by atomic mass is 10.2. The first-order chi connectivity index (χ1) is 9.77. The molecule has 0 saturated carbocycles. The Kier molecular flexibility index (Phi) is 4.67. The maximum absolute atomic E-state index is 11.3. The van der Waals surface area contributed by atoms with Crippen molar-refractivity contribution < 1.29 is 18.3 Å². The minimum atomic E-state index is -3.93. The summed E-state index contributed by atoms with van der Waals surface area (Å²) in [6.07, 6.45) is 0. The van der Waals surface area contributed by atoms with Gasteiger partial charge >= 0.3 is 5.97 Å². The van der Waals surface area contributed by atoms with Crippen LogP contribution in [0, 0.1) is 0 Å². The van der Waals surface area contributed by atoms with Crippen molar-refractivity contribution in [3.8, 4) is 0 Å². The zero-order chi connectivity index (χ0) is 15.6. The van der Waals surface area contributed by atoms with Gasteiger partial charge in [-0.3, -0.25) is 0 Å². The van der Waals surface area contributed by atoms with Gasteiger partial charge in [0.15, 0.2) is 0 Å². The first-order valence-electron chi connectivity index (χ1n) is 5.65. The van der Waals surface area contributed by atoms with Gasteiger partial charge < -0.3 is 10.4 Å². The Bertz CT molecular complexity index is 786. The molecule has 21 heavy (non-hydrogen) atoms. The summed E-state index contributed by atoms with van der Waals surface area (Å²) in [5, 5.41) is 17.2. The molecule has 4 N–H and O–H groups in total. The standard InChI is InChI=1S/C12H11BrN2O4S2/c13-11-4-1-7(20-11)6-15-10-3-2-8(21(14,18)19)5-9(10)12(16)17/h1-5,15H,6H2,(H,16,17)(H2,14,18,19). The second-order valence-corrected chi connectivity index (χ2v) is 8.23. The molecule has 0 bridgehead atoms. The third-order valence-electron chi connectivity index (χ3n) is 2.63. The topological polar surface area (TPSA) is 109 Å². The van der Waals surface area contributed by atoms with E-state index in [0.717, 1.165) is 14.7 Å². The summed E-state index contributed by atoms with van der Waals surface area (Å²) in [6, 6.07) is 7.51. The molecule has 1 heterocycles. The number of hydrogen-bond donors (Lipinski definition) is 3. The maximum atomic E-state index is 11.3. The Balaban J connectivity index is 2.28. The van der Waals surface area contributed by atoms with Gasteiger partial charge in [0.05, 0.1) is 14.2 Å². The van der Waals surface area contributed by atoms with Crippen LogP contribution in [0.5, 0.6) is 0 Å². The number of thiophene rings is 1. The van der Waals surface area contributed by atoms with Crippen LogP contribution in [0.2, 0.25) is 0 Å². The van der Waals surface area contributed by atoms with Crippen LogP contribution in [-0.4, -0.2) is 19.5 Å². The summed E-state index contributed by atoms with van der Waals surface area (Å²) in [6.45, 7) is 0.436. The summed E-state index contributed by atoms with van der Waals surface area (Å²) in [4.78, 5) is 12.0. The highest BCUT2D eigenvalue weighted by atomic mass is 79.9. The van der Waals surface area contributed by atoms with Crippen LogP contribution in [0.4, 0.5) is 5.69 Å². The highest BCUT2D eigenvalue weighted by Crippen LogP contribution is 2.25. The molecule has 0 aliphatic rings. The van der Waals surface area contributed by atoms with E-state index < -0.39 is 16.0 Å². The molecule has 9 heteroatoms. The number of sulfonamides is 1. The van der Waals surface area contributed by atoms with Crippen LogP contribution < -0.4 is 10.5 Å². The van der Waals surface area contributed by atoms with Gasteiger partial charge in [0.25, 0.3) is 0 Å². The van der Waals surface area contributed by atoms with Crippen LogP contribution >= 0.6 is 27.3 Å². The molecule has 0 amide bonds. The number of carboxylic acid groups (broad SMARTS) is 1. The van der Waals surface area contributed by atoms with Gasteiger partial charge in [-0.25, -0.2) is 18.4 Å². The fraction of sp³-hybridized carbons (Fsp3) is 0.0833. The third kappa shape index (κ3) is 4.03. The number of rotatable bonds is 5. The van der Waals surface area contributed by atoms with Gasteiger partial charge in [-0.2, -0.15) is 0 Å². The van der Waals surface area contributed by atoms with Crippen molar-refractivity contribution in [3.05, 3.63) is 44.6 Å². The van der Waals surface area contributed by atoms with Crippen molar-refractivity contribution in [2.24, 2.45) is 5.14 Å². The predicted octanol–water partition coefficient (Wildman–Crippen LogP) is 2.47. The average Bonchev–Trinajstić information content (AvgIpc) is 2.80. The molecule has 0 unspecified atom stereocenters. The van der Waals surface area contributed by atoms with Gasteiger partial charge in [0.2, 0.25) is 10.0 Å². The van der Waals surface area contributed by atoms with Gasteiger partial charge in [0.1, 0.15) is 0 Å². The molecule has 0 atom stereocenters. The number of nitrogens with one attached hydrogen (secondary N) is 1. The van der Waals surface area contributed by atoms with E-state index in [1.54, 1.807) is 0 Å². The minimum absolute atomic E-state index is 0.142. The van der Waals surface area contributed by atoms with E-state index in [0.29, 0.717) is 12.2 Å². The summed E-state index contributed by atoms with van der Waals surface area (Å²) in [5.74, 6) is -1.23. The summed E-state index contributed by atoms with van der Waals surface area (Å²) < 4.78 is 23.5. The van der Waals surface area contributed by atoms with E-state index in [1.807, 2.05) is 12.1 Å². The van der Waals surface area contributed by atoms with Crippen LogP contribution in [0.15, 0.2) is 39.0 Å². The van der Waals surface area contributed by atoms with Gasteiger partial charge in [-0.15, -0.1) is 11.3 Å². The van der Waals surface area contributed by atoms with Gasteiger partial charge in [-0.05, 0) is 46.3 Å². The molecule has 1 aromatic carbocycles. The van der Waals surface area contributed by atoms with Gasteiger partial charge in [0, 0.05) is 17.1 Å². The van der Waals surface area contributed by atoms with Crippen molar-refractivity contribution in [3.63, 3.8) is 0 Å². The summed E-state index contributed by atoms with van der Waals surface area (Å²) in [7, 11) is -3.93. The minimum Gasteiger partial charge on any atom is -0.478 e. The first-order valence-corrected chi connectivity index (χ1v) is 8.81. The number of carboxylic acids is 1. The first kappa shape index (κ1) is 16.0. The van der Waals surface area contributed by atoms with E-state index >= 15 is 0 Å². The molecule has 112 valence electrons. The number of anilines is 1. The zero-order valence-electron chi connectivity index (χ0n) is 10.5. The Morgan fingerprint density at radius 2 is 2.05 bits per heavy atom. The largest absolute Gasteiger partial charge is 0.478 e. The normalized spacial score (nSPS) is 11.3. The van der Waals surface area contributed by atoms with Gasteiger partial charge in [-0.1, -0.05) is 0 Å². The monoisotopic (exact) mass is 390 g/mol. The molecule has 0 saturated heterocycles. The molecule has 0 spiro atoms. The van der Waals surface area contributed by atoms with Crippen molar-refractivity contribution in [2.75, 3.05) is 5.32 Å². The van der Waals surface area contributed by atoms with E-state index in [2.05, 4.69) is 21.2 Å². The third-order valence-corrected chi connectivity index (χ3v) is 5.17. The Morgan fingerprint density at radius 3 is 2.57 bits per heavy atom. The van der Waals surface area contributed by atoms with Crippen molar-refractivity contribution in [1.82, 2.24) is 0 Å².